The maximum atomic E-state index is 5.99. The molecule has 1 unspecified atom stereocenters. The molecule has 0 aliphatic carbocycles. The number of hydrogen-bond donors (Lipinski definition) is 1. The van der Waals surface area contributed by atoms with Crippen molar-refractivity contribution in [3.63, 3.8) is 0 Å². The highest BCUT2D eigenvalue weighted by molar-refractivity contribution is 5.46. The summed E-state index contributed by atoms with van der Waals surface area (Å²) in [5, 5.41) is 0. The lowest BCUT2D eigenvalue weighted by molar-refractivity contribution is 0.241. The molecule has 0 spiro atoms. The number of benzene rings is 1. The molecule has 2 N–H and O–H groups in total. The van der Waals surface area contributed by atoms with E-state index in [0.29, 0.717) is 6.04 Å². The highest BCUT2D eigenvalue weighted by atomic mass is 15.3. The van der Waals surface area contributed by atoms with Crippen molar-refractivity contribution in [2.75, 3.05) is 37.6 Å². The normalized spacial score (nSPS) is 19.3. The molecule has 3 heteroatoms. The summed E-state index contributed by atoms with van der Waals surface area (Å²) in [6.45, 7) is 7.68. The zero-order valence-corrected chi connectivity index (χ0v) is 10.7. The van der Waals surface area contributed by atoms with Crippen LogP contribution in [0.5, 0.6) is 0 Å². The van der Waals surface area contributed by atoms with Gasteiger partial charge in [0.2, 0.25) is 0 Å². The van der Waals surface area contributed by atoms with Gasteiger partial charge in [-0.25, -0.2) is 0 Å². The standard InChI is InChI=1S/C14H23N3/c1-2-13(15)12-16-8-10-17(11-9-16)14-6-4-3-5-7-14/h3-7,13H,2,8-12,15H2,1H3. The molecule has 0 saturated carbocycles. The highest BCUT2D eigenvalue weighted by Gasteiger charge is 2.17. The van der Waals surface area contributed by atoms with E-state index in [0.717, 1.165) is 39.1 Å². The monoisotopic (exact) mass is 233 g/mol. The molecule has 1 aliphatic rings. The molecule has 1 aliphatic heterocycles. The number of nitrogens with zero attached hydrogens (tertiary/aromatic N) is 2. The van der Waals surface area contributed by atoms with Crippen molar-refractivity contribution >= 4 is 5.69 Å². The van der Waals surface area contributed by atoms with Gasteiger partial charge in [0.1, 0.15) is 0 Å². The minimum absolute atomic E-state index is 0.332. The summed E-state index contributed by atoms with van der Waals surface area (Å²) in [6.07, 6.45) is 1.07. The van der Waals surface area contributed by atoms with Crippen molar-refractivity contribution in [1.82, 2.24) is 4.90 Å². The molecule has 0 radical (unpaired) electrons. The summed E-state index contributed by atoms with van der Waals surface area (Å²) in [5.74, 6) is 0. The Hall–Kier alpha value is -1.06. The Morgan fingerprint density at radius 3 is 2.35 bits per heavy atom. The molecule has 17 heavy (non-hydrogen) atoms. The summed E-state index contributed by atoms with van der Waals surface area (Å²) in [5.41, 5.74) is 7.33. The van der Waals surface area contributed by atoms with Gasteiger partial charge < -0.3 is 10.6 Å². The summed E-state index contributed by atoms with van der Waals surface area (Å²) in [7, 11) is 0. The number of nitrogens with two attached hydrogens (primary N) is 1. The fourth-order valence-electron chi connectivity index (χ4n) is 2.29. The van der Waals surface area contributed by atoms with Crippen LogP contribution in [0.25, 0.3) is 0 Å². The van der Waals surface area contributed by atoms with E-state index in [2.05, 4.69) is 47.1 Å². The first kappa shape index (κ1) is 12.4. The van der Waals surface area contributed by atoms with Gasteiger partial charge in [0.05, 0.1) is 0 Å². The third-order valence-electron chi connectivity index (χ3n) is 3.51. The van der Waals surface area contributed by atoms with E-state index in [1.165, 1.54) is 5.69 Å². The number of anilines is 1. The van der Waals surface area contributed by atoms with Gasteiger partial charge >= 0.3 is 0 Å². The topological polar surface area (TPSA) is 32.5 Å². The van der Waals surface area contributed by atoms with Gasteiger partial charge in [-0.05, 0) is 18.6 Å². The SMILES string of the molecule is CCC(N)CN1CCN(c2ccccc2)CC1. The van der Waals surface area contributed by atoms with Crippen LogP contribution in [0.2, 0.25) is 0 Å². The molecular weight excluding hydrogens is 210 g/mol. The van der Waals surface area contributed by atoms with Gasteiger partial charge in [0.15, 0.2) is 0 Å². The molecular formula is C14H23N3. The first-order valence-corrected chi connectivity index (χ1v) is 6.57. The van der Waals surface area contributed by atoms with Gasteiger partial charge in [-0.1, -0.05) is 25.1 Å². The maximum absolute atomic E-state index is 5.99. The van der Waals surface area contributed by atoms with Gasteiger partial charge in [0.25, 0.3) is 0 Å². The van der Waals surface area contributed by atoms with E-state index >= 15 is 0 Å². The van der Waals surface area contributed by atoms with Gasteiger partial charge in [0, 0.05) is 44.5 Å². The summed E-state index contributed by atoms with van der Waals surface area (Å²) >= 11 is 0. The Morgan fingerprint density at radius 2 is 1.76 bits per heavy atom. The quantitative estimate of drug-likeness (QED) is 0.856. The minimum atomic E-state index is 0.332. The van der Waals surface area contributed by atoms with Gasteiger partial charge in [-0.2, -0.15) is 0 Å². The molecule has 94 valence electrons. The molecule has 2 rings (SSSR count). The van der Waals surface area contributed by atoms with Crippen molar-refractivity contribution < 1.29 is 0 Å². The number of piperazine rings is 1. The van der Waals surface area contributed by atoms with Gasteiger partial charge in [-0.15, -0.1) is 0 Å². The number of para-hydroxylation sites is 1. The first-order chi connectivity index (χ1) is 8.29. The lowest BCUT2D eigenvalue weighted by Gasteiger charge is -2.37. The average Bonchev–Trinajstić information content (AvgIpc) is 2.40. The smallest absolute Gasteiger partial charge is 0.0367 e. The largest absolute Gasteiger partial charge is 0.369 e. The second kappa shape index (κ2) is 6.03. The molecule has 0 aromatic heterocycles. The lowest BCUT2D eigenvalue weighted by atomic mass is 10.2. The first-order valence-electron chi connectivity index (χ1n) is 6.57. The molecule has 1 atom stereocenters. The Kier molecular flexibility index (Phi) is 4.40. The Bertz CT molecular complexity index is 317. The molecule has 1 heterocycles. The molecule has 0 amide bonds. The van der Waals surface area contributed by atoms with Crippen molar-refractivity contribution in [1.29, 1.82) is 0 Å². The molecule has 3 nitrogen and oxygen atoms in total. The predicted molar refractivity (Wildman–Crippen MR) is 73.4 cm³/mol. The molecule has 0 bridgehead atoms. The van der Waals surface area contributed by atoms with Crippen LogP contribution in [0, 0.1) is 0 Å². The maximum Gasteiger partial charge on any atom is 0.0367 e. The van der Waals surface area contributed by atoms with E-state index in [4.69, 9.17) is 5.73 Å². The van der Waals surface area contributed by atoms with Crippen LogP contribution in [0.4, 0.5) is 5.69 Å². The Morgan fingerprint density at radius 1 is 1.12 bits per heavy atom. The average molecular weight is 233 g/mol. The Labute approximate surface area is 104 Å². The summed E-state index contributed by atoms with van der Waals surface area (Å²) in [4.78, 5) is 4.93. The summed E-state index contributed by atoms with van der Waals surface area (Å²) < 4.78 is 0. The summed E-state index contributed by atoms with van der Waals surface area (Å²) in [6, 6.07) is 11.0. The van der Waals surface area contributed by atoms with E-state index < -0.39 is 0 Å². The van der Waals surface area contributed by atoms with Crippen LogP contribution < -0.4 is 10.6 Å². The van der Waals surface area contributed by atoms with Crippen molar-refractivity contribution in [2.45, 2.75) is 19.4 Å². The van der Waals surface area contributed by atoms with Crippen LogP contribution in [-0.2, 0) is 0 Å². The van der Waals surface area contributed by atoms with E-state index in [1.54, 1.807) is 0 Å². The second-order valence-corrected chi connectivity index (χ2v) is 4.79. The predicted octanol–water partition coefficient (Wildman–Crippen LogP) is 1.55. The van der Waals surface area contributed by atoms with E-state index in [-0.39, 0.29) is 0 Å². The molecule has 1 fully saturated rings. The number of hydrogen-bond acceptors (Lipinski definition) is 3. The zero-order valence-electron chi connectivity index (χ0n) is 10.7. The van der Waals surface area contributed by atoms with Crippen LogP contribution in [0.3, 0.4) is 0 Å². The zero-order chi connectivity index (χ0) is 12.1. The van der Waals surface area contributed by atoms with E-state index in [9.17, 15) is 0 Å². The van der Waals surface area contributed by atoms with Crippen LogP contribution in [-0.4, -0.2) is 43.7 Å². The van der Waals surface area contributed by atoms with Crippen molar-refractivity contribution in [3.05, 3.63) is 30.3 Å². The fraction of sp³-hybridized carbons (Fsp3) is 0.571. The molecule has 1 saturated heterocycles. The van der Waals surface area contributed by atoms with Crippen LogP contribution in [0.1, 0.15) is 13.3 Å². The highest BCUT2D eigenvalue weighted by Crippen LogP contribution is 2.15. The van der Waals surface area contributed by atoms with Crippen LogP contribution >= 0.6 is 0 Å². The Balaban J connectivity index is 1.82. The third kappa shape index (κ3) is 3.45. The van der Waals surface area contributed by atoms with Crippen LogP contribution in [0.15, 0.2) is 30.3 Å². The minimum Gasteiger partial charge on any atom is -0.369 e. The second-order valence-electron chi connectivity index (χ2n) is 4.79. The molecule has 1 aromatic rings. The number of rotatable bonds is 4. The van der Waals surface area contributed by atoms with Crippen molar-refractivity contribution in [2.24, 2.45) is 5.73 Å². The fourth-order valence-corrected chi connectivity index (χ4v) is 2.29. The van der Waals surface area contributed by atoms with E-state index in [1.807, 2.05) is 0 Å². The third-order valence-corrected chi connectivity index (χ3v) is 3.51. The lowest BCUT2D eigenvalue weighted by Crippen LogP contribution is -2.49. The molecule has 1 aromatic carbocycles. The van der Waals surface area contributed by atoms with Gasteiger partial charge in [-0.3, -0.25) is 4.90 Å². The van der Waals surface area contributed by atoms with Crippen molar-refractivity contribution in [3.8, 4) is 0 Å².